The Kier molecular flexibility index (Phi) is 9.46. The summed E-state index contributed by atoms with van der Waals surface area (Å²) in [5.74, 6) is 1.47. The first kappa shape index (κ1) is 21.9. The normalized spacial score (nSPS) is 11.3. The van der Waals surface area contributed by atoms with Crippen LogP contribution in [0.4, 0.5) is 0 Å². The second kappa shape index (κ2) is 9.93. The Morgan fingerprint density at radius 2 is 2.04 bits per heavy atom. The summed E-state index contributed by atoms with van der Waals surface area (Å²) in [5.41, 5.74) is 0.734. The molecule has 1 amide bonds. The fourth-order valence-electron chi connectivity index (χ4n) is 2.01. The molecule has 23 heavy (non-hydrogen) atoms. The van der Waals surface area contributed by atoms with Gasteiger partial charge in [0.25, 0.3) is 5.91 Å². The Balaban J connectivity index is 0.00000242. The number of hydrogen-bond acceptors (Lipinski definition) is 5. The molecule has 2 heterocycles. The van der Waals surface area contributed by atoms with Crippen LogP contribution >= 0.6 is 36.2 Å². The van der Waals surface area contributed by atoms with Gasteiger partial charge in [0.1, 0.15) is 10.6 Å². The molecule has 0 spiro atoms. The molecule has 0 bridgehead atoms. The molecule has 5 nitrogen and oxygen atoms in total. The van der Waals surface area contributed by atoms with Gasteiger partial charge in [-0.05, 0) is 39.4 Å². The third-order valence-corrected chi connectivity index (χ3v) is 4.25. The minimum absolute atomic E-state index is 0. The van der Waals surface area contributed by atoms with E-state index in [0.29, 0.717) is 17.2 Å². The molecule has 0 fully saturated rings. The predicted octanol–water partition coefficient (Wildman–Crippen LogP) is 3.59. The summed E-state index contributed by atoms with van der Waals surface area (Å²) in [6, 6.07) is 4.02. The number of nitrogens with one attached hydrogen (secondary N) is 2. The van der Waals surface area contributed by atoms with Gasteiger partial charge < -0.3 is 15.1 Å². The zero-order chi connectivity index (χ0) is 15.4. The highest BCUT2D eigenvalue weighted by atomic mass is 35.5. The van der Waals surface area contributed by atoms with E-state index in [4.69, 9.17) is 4.42 Å². The Bertz CT molecular complexity index is 628. The van der Waals surface area contributed by atoms with Crippen LogP contribution in [0.15, 0.2) is 16.5 Å². The minimum atomic E-state index is -0.0794. The predicted molar refractivity (Wildman–Crippen MR) is 99.3 cm³/mol. The average molecular weight is 380 g/mol. The van der Waals surface area contributed by atoms with Gasteiger partial charge in [-0.15, -0.1) is 36.2 Å². The number of furan rings is 1. The maximum Gasteiger partial charge on any atom is 0.263 e. The van der Waals surface area contributed by atoms with Crippen molar-refractivity contribution in [1.82, 2.24) is 15.6 Å². The van der Waals surface area contributed by atoms with Gasteiger partial charge in [-0.25, -0.2) is 4.98 Å². The van der Waals surface area contributed by atoms with Gasteiger partial charge in [-0.2, -0.15) is 0 Å². The molecule has 0 saturated carbocycles. The summed E-state index contributed by atoms with van der Waals surface area (Å²) in [7, 11) is 0. The Labute approximate surface area is 153 Å². The maximum atomic E-state index is 12.2. The van der Waals surface area contributed by atoms with Crippen LogP contribution in [0.25, 0.3) is 10.8 Å². The van der Waals surface area contributed by atoms with Gasteiger partial charge in [0, 0.05) is 12.6 Å². The number of thiazole rings is 1. The molecule has 130 valence electrons. The first-order valence-electron chi connectivity index (χ1n) is 7.07. The SMILES string of the molecule is CCN[C@H](C)CNC(=O)c1sc(-c2ccc(C)o2)nc1C.Cl.Cl. The van der Waals surface area contributed by atoms with Crippen molar-refractivity contribution >= 4 is 42.1 Å². The molecular formula is C15H23Cl2N3O2S. The van der Waals surface area contributed by atoms with Crippen LogP contribution in [0.5, 0.6) is 0 Å². The lowest BCUT2D eigenvalue weighted by Crippen LogP contribution is -2.38. The summed E-state index contributed by atoms with van der Waals surface area (Å²) in [5, 5.41) is 6.93. The molecule has 0 aliphatic heterocycles. The van der Waals surface area contributed by atoms with Crippen LogP contribution in [0, 0.1) is 13.8 Å². The summed E-state index contributed by atoms with van der Waals surface area (Å²) in [6.07, 6.45) is 0. The second-order valence-corrected chi connectivity index (χ2v) is 6.01. The summed E-state index contributed by atoms with van der Waals surface area (Å²) in [4.78, 5) is 17.3. The van der Waals surface area contributed by atoms with E-state index in [9.17, 15) is 4.79 Å². The van der Waals surface area contributed by atoms with Crippen molar-refractivity contribution in [2.45, 2.75) is 33.7 Å². The first-order valence-corrected chi connectivity index (χ1v) is 7.88. The third kappa shape index (κ3) is 5.80. The van der Waals surface area contributed by atoms with Gasteiger partial charge in [0.05, 0.1) is 5.69 Å². The molecule has 2 rings (SSSR count). The van der Waals surface area contributed by atoms with Crippen LogP contribution in [-0.4, -0.2) is 30.0 Å². The van der Waals surface area contributed by atoms with E-state index in [2.05, 4.69) is 15.6 Å². The fraction of sp³-hybridized carbons (Fsp3) is 0.467. The monoisotopic (exact) mass is 379 g/mol. The van der Waals surface area contributed by atoms with E-state index in [1.807, 2.05) is 39.8 Å². The highest BCUT2D eigenvalue weighted by Crippen LogP contribution is 2.29. The van der Waals surface area contributed by atoms with Gasteiger partial charge >= 0.3 is 0 Å². The Hall–Kier alpha value is -1.08. The molecule has 2 aromatic heterocycles. The fourth-order valence-corrected chi connectivity index (χ4v) is 2.95. The zero-order valence-electron chi connectivity index (χ0n) is 13.6. The maximum absolute atomic E-state index is 12.2. The van der Waals surface area contributed by atoms with Crippen LogP contribution in [-0.2, 0) is 0 Å². The lowest BCUT2D eigenvalue weighted by Gasteiger charge is -2.12. The standard InChI is InChI=1S/C15H21N3O2S.2ClH/c1-5-16-9(2)8-17-14(19)13-11(4)18-15(21-13)12-7-6-10(3)20-12;;/h6-7,9,16H,5,8H2,1-4H3,(H,17,19);2*1H/t9-;;/m1../s1. The first-order chi connectivity index (χ1) is 10.0. The number of carbonyl (C=O) groups excluding carboxylic acids is 1. The molecule has 1 atom stereocenters. The number of rotatable bonds is 6. The molecule has 2 N–H and O–H groups in total. The van der Waals surface area contributed by atoms with Crippen molar-refractivity contribution in [3.63, 3.8) is 0 Å². The number of aromatic nitrogens is 1. The number of carbonyl (C=O) groups is 1. The Morgan fingerprint density at radius 3 is 2.61 bits per heavy atom. The third-order valence-electron chi connectivity index (χ3n) is 3.08. The number of aryl methyl sites for hydroxylation is 2. The van der Waals surface area contributed by atoms with Crippen molar-refractivity contribution in [2.75, 3.05) is 13.1 Å². The molecule has 0 unspecified atom stereocenters. The highest BCUT2D eigenvalue weighted by molar-refractivity contribution is 7.17. The van der Waals surface area contributed by atoms with E-state index in [0.717, 1.165) is 23.0 Å². The van der Waals surface area contributed by atoms with Crippen molar-refractivity contribution in [2.24, 2.45) is 0 Å². The summed E-state index contributed by atoms with van der Waals surface area (Å²) >= 11 is 1.36. The average Bonchev–Trinajstić information content (AvgIpc) is 3.02. The van der Waals surface area contributed by atoms with Crippen molar-refractivity contribution in [3.8, 4) is 10.8 Å². The number of nitrogens with zero attached hydrogens (tertiary/aromatic N) is 1. The zero-order valence-corrected chi connectivity index (χ0v) is 16.1. The van der Waals surface area contributed by atoms with Gasteiger partial charge in [-0.1, -0.05) is 6.92 Å². The van der Waals surface area contributed by atoms with Crippen LogP contribution in [0.1, 0.15) is 35.0 Å². The molecule has 2 aromatic rings. The van der Waals surface area contributed by atoms with Crippen molar-refractivity contribution < 1.29 is 9.21 Å². The van der Waals surface area contributed by atoms with Gasteiger partial charge in [-0.3, -0.25) is 4.79 Å². The van der Waals surface area contributed by atoms with Crippen molar-refractivity contribution in [3.05, 3.63) is 28.5 Å². The summed E-state index contributed by atoms with van der Waals surface area (Å²) in [6.45, 7) is 9.31. The lowest BCUT2D eigenvalue weighted by molar-refractivity contribution is 0.0953. The molecule has 0 aromatic carbocycles. The summed E-state index contributed by atoms with van der Waals surface area (Å²) < 4.78 is 5.55. The molecular weight excluding hydrogens is 357 g/mol. The number of hydrogen-bond donors (Lipinski definition) is 2. The quantitative estimate of drug-likeness (QED) is 0.804. The van der Waals surface area contributed by atoms with Crippen LogP contribution in [0.3, 0.4) is 0 Å². The number of halogens is 2. The van der Waals surface area contributed by atoms with E-state index in [1.54, 1.807) is 0 Å². The van der Waals surface area contributed by atoms with Gasteiger partial charge in [0.2, 0.25) is 0 Å². The van der Waals surface area contributed by atoms with Crippen LogP contribution in [0.2, 0.25) is 0 Å². The topological polar surface area (TPSA) is 67.2 Å². The molecule has 0 aliphatic rings. The lowest BCUT2D eigenvalue weighted by atomic mass is 10.3. The largest absolute Gasteiger partial charge is 0.459 e. The molecule has 8 heteroatoms. The molecule has 0 aliphatic carbocycles. The second-order valence-electron chi connectivity index (χ2n) is 5.01. The number of likely N-dealkylation sites (N-methyl/N-ethyl adjacent to an activating group) is 1. The minimum Gasteiger partial charge on any atom is -0.459 e. The van der Waals surface area contributed by atoms with E-state index >= 15 is 0 Å². The van der Waals surface area contributed by atoms with Crippen molar-refractivity contribution in [1.29, 1.82) is 0 Å². The number of amides is 1. The molecule has 0 saturated heterocycles. The van der Waals surface area contributed by atoms with Crippen LogP contribution < -0.4 is 10.6 Å². The van der Waals surface area contributed by atoms with Gasteiger partial charge in [0.15, 0.2) is 10.8 Å². The van der Waals surface area contributed by atoms with E-state index in [1.165, 1.54) is 11.3 Å². The smallest absolute Gasteiger partial charge is 0.263 e. The highest BCUT2D eigenvalue weighted by Gasteiger charge is 2.18. The molecule has 0 radical (unpaired) electrons. The van der Waals surface area contributed by atoms with E-state index < -0.39 is 0 Å². The Morgan fingerprint density at radius 1 is 1.35 bits per heavy atom. The van der Waals surface area contributed by atoms with E-state index in [-0.39, 0.29) is 36.8 Å².